The highest BCUT2D eigenvalue weighted by Crippen LogP contribution is 2.23. The summed E-state index contributed by atoms with van der Waals surface area (Å²) in [5.74, 6) is 0.795. The lowest BCUT2D eigenvalue weighted by atomic mass is 10.1. The van der Waals surface area contributed by atoms with E-state index in [0.29, 0.717) is 5.56 Å². The van der Waals surface area contributed by atoms with Crippen molar-refractivity contribution in [2.45, 2.75) is 6.42 Å². The molecule has 86 valence electrons. The fourth-order valence-electron chi connectivity index (χ4n) is 1.64. The molecule has 0 bridgehead atoms. The van der Waals surface area contributed by atoms with E-state index in [1.807, 2.05) is 30.0 Å². The van der Waals surface area contributed by atoms with Crippen molar-refractivity contribution in [1.29, 1.82) is 0 Å². The number of anilines is 1. The van der Waals surface area contributed by atoms with E-state index in [2.05, 4.69) is 20.9 Å². The first-order chi connectivity index (χ1) is 7.59. The summed E-state index contributed by atoms with van der Waals surface area (Å²) in [7, 11) is 3.78. The highest BCUT2D eigenvalue weighted by atomic mass is 79.9. The summed E-state index contributed by atoms with van der Waals surface area (Å²) >= 11 is 3.35. The van der Waals surface area contributed by atoms with Gasteiger partial charge < -0.3 is 9.80 Å². The van der Waals surface area contributed by atoms with Crippen molar-refractivity contribution in [2.24, 2.45) is 0 Å². The first kappa shape index (κ1) is 11.4. The van der Waals surface area contributed by atoms with Crippen LogP contribution >= 0.6 is 15.9 Å². The Morgan fingerprint density at radius 2 is 2.19 bits per heavy atom. The summed E-state index contributed by atoms with van der Waals surface area (Å²) in [4.78, 5) is 20.1. The third kappa shape index (κ3) is 2.04. The number of pyridine rings is 1. The Morgan fingerprint density at radius 1 is 1.50 bits per heavy atom. The van der Waals surface area contributed by atoms with E-state index in [1.54, 1.807) is 6.20 Å². The molecule has 0 unspecified atom stereocenters. The number of carbonyl (C=O) groups is 1. The third-order valence-electron chi connectivity index (χ3n) is 2.63. The minimum absolute atomic E-state index is 0.0729. The minimum atomic E-state index is 0.0729. The minimum Gasteiger partial charge on any atom is -0.362 e. The fraction of sp³-hybridized carbons (Fsp3) is 0.455. The summed E-state index contributed by atoms with van der Waals surface area (Å²) in [6, 6.07) is 1.84. The molecular formula is C11H14BrN3O. The molecule has 0 aliphatic carbocycles. The van der Waals surface area contributed by atoms with Crippen LogP contribution in [-0.4, -0.2) is 43.0 Å². The van der Waals surface area contributed by atoms with Gasteiger partial charge in [-0.1, -0.05) is 0 Å². The van der Waals surface area contributed by atoms with E-state index in [4.69, 9.17) is 0 Å². The fourth-order valence-corrected chi connectivity index (χ4v) is 1.97. The maximum absolute atomic E-state index is 12.1. The normalized spacial score (nSPS) is 14.6. The van der Waals surface area contributed by atoms with E-state index < -0.39 is 0 Å². The van der Waals surface area contributed by atoms with Gasteiger partial charge in [-0.3, -0.25) is 4.79 Å². The predicted octanol–water partition coefficient (Wildman–Crippen LogP) is 1.76. The Balaban J connectivity index is 2.36. The van der Waals surface area contributed by atoms with Crippen LogP contribution in [0.4, 0.5) is 5.82 Å². The molecule has 0 atom stereocenters. The van der Waals surface area contributed by atoms with Gasteiger partial charge in [0.2, 0.25) is 0 Å². The number of nitrogens with zero attached hydrogens (tertiary/aromatic N) is 3. The van der Waals surface area contributed by atoms with Gasteiger partial charge in [0.05, 0.1) is 5.56 Å². The second kappa shape index (κ2) is 4.41. The van der Waals surface area contributed by atoms with E-state index in [0.717, 1.165) is 29.8 Å². The number of aromatic nitrogens is 1. The lowest BCUT2D eigenvalue weighted by Crippen LogP contribution is -2.42. The monoisotopic (exact) mass is 283 g/mol. The largest absolute Gasteiger partial charge is 0.362 e. The molecule has 16 heavy (non-hydrogen) atoms. The van der Waals surface area contributed by atoms with E-state index in [9.17, 15) is 4.79 Å². The second-order valence-corrected chi connectivity index (χ2v) is 4.98. The highest BCUT2D eigenvalue weighted by molar-refractivity contribution is 9.10. The number of carbonyl (C=O) groups excluding carboxylic acids is 1. The van der Waals surface area contributed by atoms with Gasteiger partial charge in [0.15, 0.2) is 0 Å². The zero-order valence-corrected chi connectivity index (χ0v) is 11.0. The molecule has 1 fully saturated rings. The SMILES string of the molecule is CN(C)c1ncc(Br)cc1C(=O)N1CCC1. The second-order valence-electron chi connectivity index (χ2n) is 4.06. The summed E-state index contributed by atoms with van der Waals surface area (Å²) in [5, 5.41) is 0. The van der Waals surface area contributed by atoms with Crippen LogP contribution in [0.15, 0.2) is 16.7 Å². The number of hydrogen-bond acceptors (Lipinski definition) is 3. The number of halogens is 1. The van der Waals surface area contributed by atoms with E-state index in [-0.39, 0.29) is 5.91 Å². The number of hydrogen-bond donors (Lipinski definition) is 0. The Bertz CT molecular complexity index is 416. The van der Waals surface area contributed by atoms with Gasteiger partial charge in [-0.05, 0) is 28.4 Å². The van der Waals surface area contributed by atoms with Crippen LogP contribution in [-0.2, 0) is 0 Å². The Morgan fingerprint density at radius 3 is 2.69 bits per heavy atom. The predicted molar refractivity (Wildman–Crippen MR) is 66.8 cm³/mol. The van der Waals surface area contributed by atoms with Crippen molar-refractivity contribution in [3.63, 3.8) is 0 Å². The summed E-state index contributed by atoms with van der Waals surface area (Å²) in [5.41, 5.74) is 0.666. The Labute approximate surface area is 103 Å². The maximum Gasteiger partial charge on any atom is 0.257 e. The van der Waals surface area contributed by atoms with Gasteiger partial charge in [0.25, 0.3) is 5.91 Å². The van der Waals surface area contributed by atoms with Crippen molar-refractivity contribution < 1.29 is 4.79 Å². The average molecular weight is 284 g/mol. The van der Waals surface area contributed by atoms with Crippen LogP contribution in [0.5, 0.6) is 0 Å². The number of likely N-dealkylation sites (tertiary alicyclic amines) is 1. The van der Waals surface area contributed by atoms with Gasteiger partial charge in [0, 0.05) is 37.9 Å². The Kier molecular flexibility index (Phi) is 3.14. The van der Waals surface area contributed by atoms with Crippen molar-refractivity contribution in [2.75, 3.05) is 32.1 Å². The molecule has 0 saturated carbocycles. The molecule has 1 saturated heterocycles. The van der Waals surface area contributed by atoms with Crippen molar-refractivity contribution in [3.8, 4) is 0 Å². The van der Waals surface area contributed by atoms with Gasteiger partial charge in [-0.25, -0.2) is 4.98 Å². The highest BCUT2D eigenvalue weighted by Gasteiger charge is 2.25. The molecule has 1 aliphatic heterocycles. The quantitative estimate of drug-likeness (QED) is 0.830. The lowest BCUT2D eigenvalue weighted by Gasteiger charge is -2.31. The zero-order chi connectivity index (χ0) is 11.7. The molecule has 1 aromatic rings. The van der Waals surface area contributed by atoms with Gasteiger partial charge >= 0.3 is 0 Å². The van der Waals surface area contributed by atoms with Crippen molar-refractivity contribution in [1.82, 2.24) is 9.88 Å². The zero-order valence-electron chi connectivity index (χ0n) is 9.40. The summed E-state index contributed by atoms with van der Waals surface area (Å²) < 4.78 is 0.835. The Hall–Kier alpha value is -1.10. The molecule has 1 aliphatic rings. The van der Waals surface area contributed by atoms with Crippen LogP contribution in [0.1, 0.15) is 16.8 Å². The molecule has 0 aromatic carbocycles. The van der Waals surface area contributed by atoms with Crippen molar-refractivity contribution >= 4 is 27.7 Å². The van der Waals surface area contributed by atoms with Gasteiger partial charge in [-0.2, -0.15) is 0 Å². The van der Waals surface area contributed by atoms with Crippen LogP contribution in [0.25, 0.3) is 0 Å². The molecule has 0 spiro atoms. The van der Waals surface area contributed by atoms with Crippen LogP contribution in [0.2, 0.25) is 0 Å². The number of amides is 1. The molecule has 1 aromatic heterocycles. The molecule has 4 nitrogen and oxygen atoms in total. The first-order valence-electron chi connectivity index (χ1n) is 5.22. The molecule has 2 heterocycles. The number of rotatable bonds is 2. The molecule has 2 rings (SSSR count). The molecular weight excluding hydrogens is 270 g/mol. The average Bonchev–Trinajstić information content (AvgIpc) is 2.14. The van der Waals surface area contributed by atoms with Crippen molar-refractivity contribution in [3.05, 3.63) is 22.3 Å². The molecule has 0 N–H and O–H groups in total. The van der Waals surface area contributed by atoms with Crippen LogP contribution in [0, 0.1) is 0 Å². The molecule has 0 radical (unpaired) electrons. The molecule has 5 heteroatoms. The van der Waals surface area contributed by atoms with E-state index in [1.165, 1.54) is 0 Å². The first-order valence-corrected chi connectivity index (χ1v) is 6.01. The molecule has 1 amide bonds. The summed E-state index contributed by atoms with van der Waals surface area (Å²) in [6.45, 7) is 1.72. The van der Waals surface area contributed by atoms with Gasteiger partial charge in [0.1, 0.15) is 5.82 Å². The lowest BCUT2D eigenvalue weighted by molar-refractivity contribution is 0.0652. The van der Waals surface area contributed by atoms with Crippen LogP contribution in [0.3, 0.4) is 0 Å². The summed E-state index contributed by atoms with van der Waals surface area (Å²) in [6.07, 6.45) is 2.81. The van der Waals surface area contributed by atoms with E-state index >= 15 is 0 Å². The third-order valence-corrected chi connectivity index (χ3v) is 3.06. The van der Waals surface area contributed by atoms with Gasteiger partial charge in [-0.15, -0.1) is 0 Å². The smallest absolute Gasteiger partial charge is 0.257 e. The standard InChI is InChI=1S/C11H14BrN3O/c1-14(2)10-9(6-8(12)7-13-10)11(16)15-4-3-5-15/h6-7H,3-5H2,1-2H3. The topological polar surface area (TPSA) is 36.4 Å². The maximum atomic E-state index is 12.1. The van der Waals surface area contributed by atoms with Crippen LogP contribution < -0.4 is 4.90 Å².